The van der Waals surface area contributed by atoms with Crippen molar-refractivity contribution in [2.45, 2.75) is 57.8 Å². The summed E-state index contributed by atoms with van der Waals surface area (Å²) in [6, 6.07) is 0. The smallest absolute Gasteiger partial charge is 0.148 e. The molecule has 110 valence electrons. The lowest BCUT2D eigenvalue weighted by Crippen LogP contribution is -2.40. The second-order valence-corrected chi connectivity index (χ2v) is 6.82. The number of aromatic nitrogens is 2. The summed E-state index contributed by atoms with van der Waals surface area (Å²) in [5.41, 5.74) is 2.25. The molecule has 1 aromatic heterocycles. The first kappa shape index (κ1) is 13.8. The number of aliphatic hydroxyl groups is 1. The van der Waals surface area contributed by atoms with Gasteiger partial charge in [-0.05, 0) is 31.6 Å². The molecule has 4 nitrogen and oxygen atoms in total. The lowest BCUT2D eigenvalue weighted by atomic mass is 9.69. The summed E-state index contributed by atoms with van der Waals surface area (Å²) in [5.74, 6) is 1.92. The van der Waals surface area contributed by atoms with Gasteiger partial charge in [0.1, 0.15) is 5.82 Å². The monoisotopic (exact) mass is 275 g/mol. The van der Waals surface area contributed by atoms with E-state index in [0.29, 0.717) is 11.8 Å². The Hall–Kier alpha value is -1.16. The van der Waals surface area contributed by atoms with Gasteiger partial charge in [0.15, 0.2) is 0 Å². The summed E-state index contributed by atoms with van der Waals surface area (Å²) in [6.45, 7) is 5.38. The molecule has 0 saturated heterocycles. The van der Waals surface area contributed by atoms with E-state index in [2.05, 4.69) is 24.1 Å². The van der Waals surface area contributed by atoms with E-state index in [1.54, 1.807) is 0 Å². The molecule has 0 atom stereocenters. The van der Waals surface area contributed by atoms with Gasteiger partial charge in [-0.2, -0.15) is 0 Å². The van der Waals surface area contributed by atoms with E-state index in [4.69, 9.17) is 4.98 Å². The van der Waals surface area contributed by atoms with Crippen LogP contribution in [0.4, 0.5) is 5.82 Å². The van der Waals surface area contributed by atoms with Gasteiger partial charge >= 0.3 is 0 Å². The van der Waals surface area contributed by atoms with Crippen LogP contribution in [-0.4, -0.2) is 28.2 Å². The highest BCUT2D eigenvalue weighted by molar-refractivity contribution is 5.43. The molecule has 0 radical (unpaired) electrons. The molecule has 0 bridgehead atoms. The molecule has 2 N–H and O–H groups in total. The van der Waals surface area contributed by atoms with Crippen LogP contribution in [0.25, 0.3) is 0 Å². The average Bonchev–Trinajstić information content (AvgIpc) is 3.22. The number of aliphatic hydroxyl groups excluding tert-OH is 1. The summed E-state index contributed by atoms with van der Waals surface area (Å²) < 4.78 is 0. The first-order valence-electron chi connectivity index (χ1n) is 7.85. The molecule has 2 aliphatic rings. The second-order valence-electron chi connectivity index (χ2n) is 6.82. The highest BCUT2D eigenvalue weighted by Gasteiger charge is 2.36. The maximum atomic E-state index is 9.57. The van der Waals surface area contributed by atoms with Gasteiger partial charge in [0.25, 0.3) is 0 Å². The molecule has 0 spiro atoms. The van der Waals surface area contributed by atoms with E-state index < -0.39 is 0 Å². The van der Waals surface area contributed by atoms with Crippen molar-refractivity contribution >= 4 is 5.82 Å². The molecule has 2 aliphatic carbocycles. The van der Waals surface area contributed by atoms with E-state index in [-0.39, 0.29) is 12.0 Å². The Morgan fingerprint density at radius 3 is 2.65 bits per heavy atom. The third kappa shape index (κ3) is 2.66. The van der Waals surface area contributed by atoms with Crippen molar-refractivity contribution in [2.75, 3.05) is 18.5 Å². The van der Waals surface area contributed by atoms with Crippen LogP contribution < -0.4 is 5.32 Å². The molecular weight excluding hydrogens is 250 g/mol. The Bertz CT molecular complexity index is 473. The largest absolute Gasteiger partial charge is 0.396 e. The minimum absolute atomic E-state index is 0.0749. The fraction of sp³-hybridized carbons (Fsp3) is 0.750. The van der Waals surface area contributed by atoms with Crippen LogP contribution in [0.1, 0.15) is 69.2 Å². The van der Waals surface area contributed by atoms with Gasteiger partial charge in [0.2, 0.25) is 0 Å². The van der Waals surface area contributed by atoms with Crippen LogP contribution in [0.3, 0.4) is 0 Å². The van der Waals surface area contributed by atoms with Crippen molar-refractivity contribution in [1.29, 1.82) is 0 Å². The van der Waals surface area contributed by atoms with Crippen LogP contribution in [0.2, 0.25) is 0 Å². The zero-order valence-corrected chi connectivity index (χ0v) is 12.5. The highest BCUT2D eigenvalue weighted by Crippen LogP contribution is 2.42. The maximum Gasteiger partial charge on any atom is 0.148 e. The number of anilines is 1. The van der Waals surface area contributed by atoms with Gasteiger partial charge in [-0.3, -0.25) is 4.98 Å². The number of rotatable bonds is 6. The Balaban J connectivity index is 1.76. The van der Waals surface area contributed by atoms with Crippen LogP contribution in [0, 0.1) is 5.41 Å². The SMILES string of the molecule is CC(C)c1ncc(C2CC2)nc1NCC1(CO)CCC1. The summed E-state index contributed by atoms with van der Waals surface area (Å²) in [4.78, 5) is 9.42. The molecule has 2 fully saturated rings. The van der Waals surface area contributed by atoms with E-state index in [1.807, 2.05) is 6.20 Å². The molecular formula is C16H25N3O. The standard InChI is InChI=1S/C16H25N3O/c1-11(2)14-15(18-9-16(10-20)6-3-7-16)19-13(8-17-14)12-4-5-12/h8,11-12,20H,3-7,9-10H2,1-2H3,(H,18,19). The number of nitrogens with one attached hydrogen (secondary N) is 1. The van der Waals surface area contributed by atoms with E-state index in [0.717, 1.165) is 36.6 Å². The molecule has 0 aliphatic heterocycles. The fourth-order valence-electron chi connectivity index (χ4n) is 2.88. The first-order valence-corrected chi connectivity index (χ1v) is 7.85. The van der Waals surface area contributed by atoms with Gasteiger partial charge < -0.3 is 10.4 Å². The molecule has 20 heavy (non-hydrogen) atoms. The van der Waals surface area contributed by atoms with Crippen molar-refractivity contribution in [3.8, 4) is 0 Å². The predicted molar refractivity (Wildman–Crippen MR) is 80.0 cm³/mol. The molecule has 1 heterocycles. The summed E-state index contributed by atoms with van der Waals surface area (Å²) in [5, 5.41) is 13.0. The first-order chi connectivity index (χ1) is 9.63. The maximum absolute atomic E-state index is 9.57. The van der Waals surface area contributed by atoms with Gasteiger partial charge in [-0.15, -0.1) is 0 Å². The second kappa shape index (κ2) is 5.32. The van der Waals surface area contributed by atoms with Crippen molar-refractivity contribution in [1.82, 2.24) is 9.97 Å². The molecule has 4 heteroatoms. The predicted octanol–water partition coefficient (Wildman–Crippen LogP) is 3.05. The molecule has 1 aromatic rings. The Labute approximate surface area is 121 Å². The lowest BCUT2D eigenvalue weighted by Gasteiger charge is -2.40. The summed E-state index contributed by atoms with van der Waals surface area (Å²) in [7, 11) is 0. The van der Waals surface area contributed by atoms with Gasteiger partial charge in [0.05, 0.1) is 18.0 Å². The average molecular weight is 275 g/mol. The van der Waals surface area contributed by atoms with Crippen molar-refractivity contribution < 1.29 is 5.11 Å². The van der Waals surface area contributed by atoms with Gasteiger partial charge in [0, 0.05) is 24.1 Å². The van der Waals surface area contributed by atoms with Crippen molar-refractivity contribution in [3.63, 3.8) is 0 Å². The van der Waals surface area contributed by atoms with E-state index >= 15 is 0 Å². The fourth-order valence-corrected chi connectivity index (χ4v) is 2.88. The number of nitrogens with zero attached hydrogens (tertiary/aromatic N) is 2. The highest BCUT2D eigenvalue weighted by atomic mass is 16.3. The third-order valence-electron chi connectivity index (χ3n) is 4.74. The molecule has 0 aromatic carbocycles. The Morgan fingerprint density at radius 2 is 2.15 bits per heavy atom. The molecule has 2 saturated carbocycles. The minimum atomic E-state index is 0.0749. The molecule has 0 unspecified atom stereocenters. The van der Waals surface area contributed by atoms with E-state index in [1.165, 1.54) is 19.3 Å². The Kier molecular flexibility index (Phi) is 3.67. The van der Waals surface area contributed by atoms with E-state index in [9.17, 15) is 5.11 Å². The summed E-state index contributed by atoms with van der Waals surface area (Å²) >= 11 is 0. The van der Waals surface area contributed by atoms with Gasteiger partial charge in [-0.25, -0.2) is 4.98 Å². The zero-order chi connectivity index (χ0) is 14.2. The number of hydrogen-bond donors (Lipinski definition) is 2. The quantitative estimate of drug-likeness (QED) is 0.837. The van der Waals surface area contributed by atoms with Crippen molar-refractivity contribution in [3.05, 3.63) is 17.6 Å². The van der Waals surface area contributed by atoms with Crippen LogP contribution in [-0.2, 0) is 0 Å². The van der Waals surface area contributed by atoms with Crippen LogP contribution in [0.15, 0.2) is 6.20 Å². The zero-order valence-electron chi connectivity index (χ0n) is 12.5. The molecule has 3 rings (SSSR count). The van der Waals surface area contributed by atoms with Crippen LogP contribution >= 0.6 is 0 Å². The molecule has 0 amide bonds. The normalized spacial score (nSPS) is 20.8. The number of hydrogen-bond acceptors (Lipinski definition) is 4. The Morgan fingerprint density at radius 1 is 1.40 bits per heavy atom. The van der Waals surface area contributed by atoms with Gasteiger partial charge in [-0.1, -0.05) is 20.3 Å². The van der Waals surface area contributed by atoms with Crippen LogP contribution in [0.5, 0.6) is 0 Å². The topological polar surface area (TPSA) is 58.0 Å². The minimum Gasteiger partial charge on any atom is -0.396 e. The lowest BCUT2D eigenvalue weighted by molar-refractivity contribution is 0.0575. The van der Waals surface area contributed by atoms with Crippen molar-refractivity contribution in [2.24, 2.45) is 5.41 Å². The third-order valence-corrected chi connectivity index (χ3v) is 4.74. The summed E-state index contributed by atoms with van der Waals surface area (Å²) in [6.07, 6.45) is 7.90.